The summed E-state index contributed by atoms with van der Waals surface area (Å²) in [5, 5.41) is 3.27. The molecule has 1 N–H and O–H groups in total. The minimum Gasteiger partial charge on any atom is -0.355 e. The Morgan fingerprint density at radius 1 is 1.06 bits per heavy atom. The molecule has 0 aromatic heterocycles. The van der Waals surface area contributed by atoms with Crippen molar-refractivity contribution in [3.8, 4) is 0 Å². The van der Waals surface area contributed by atoms with E-state index in [0.717, 1.165) is 21.7 Å². The Morgan fingerprint density at radius 2 is 1.65 bits per heavy atom. The van der Waals surface area contributed by atoms with Crippen LogP contribution in [0, 0.1) is 6.92 Å². The summed E-state index contributed by atoms with van der Waals surface area (Å²) in [7, 11) is -3.73. The van der Waals surface area contributed by atoms with Gasteiger partial charge in [-0.05, 0) is 50.6 Å². The SMILES string of the molecule is CCNC(=O)[C@@H](C)N(Cc1ccc(Cl)cc1)C(=O)CN(c1ccc(C)cc1)S(C)(=O)=O. The molecule has 0 aliphatic heterocycles. The highest BCUT2D eigenvalue weighted by molar-refractivity contribution is 7.92. The van der Waals surface area contributed by atoms with E-state index in [4.69, 9.17) is 11.6 Å². The number of sulfonamides is 1. The molecule has 0 heterocycles. The Labute approximate surface area is 189 Å². The Morgan fingerprint density at radius 3 is 2.16 bits per heavy atom. The van der Waals surface area contributed by atoms with Crippen molar-refractivity contribution in [1.29, 1.82) is 0 Å². The number of likely N-dealkylation sites (N-methyl/N-ethyl adjacent to an activating group) is 1. The van der Waals surface area contributed by atoms with E-state index in [1.807, 2.05) is 6.92 Å². The number of hydrogen-bond acceptors (Lipinski definition) is 4. The van der Waals surface area contributed by atoms with E-state index in [0.29, 0.717) is 17.3 Å². The van der Waals surface area contributed by atoms with Crippen LogP contribution in [0.2, 0.25) is 5.02 Å². The van der Waals surface area contributed by atoms with Crippen LogP contribution in [0.3, 0.4) is 0 Å². The van der Waals surface area contributed by atoms with E-state index in [1.165, 1.54) is 4.90 Å². The molecule has 0 unspecified atom stereocenters. The number of benzene rings is 2. The van der Waals surface area contributed by atoms with Gasteiger partial charge in [-0.1, -0.05) is 41.4 Å². The molecule has 9 heteroatoms. The van der Waals surface area contributed by atoms with Gasteiger partial charge < -0.3 is 10.2 Å². The molecule has 2 aromatic carbocycles. The summed E-state index contributed by atoms with van der Waals surface area (Å²) in [5.74, 6) is -0.800. The molecule has 2 amide bonds. The van der Waals surface area contributed by atoms with Gasteiger partial charge in [-0.3, -0.25) is 13.9 Å². The second-order valence-electron chi connectivity index (χ2n) is 7.32. The van der Waals surface area contributed by atoms with Crippen LogP contribution in [0.4, 0.5) is 5.69 Å². The largest absolute Gasteiger partial charge is 0.355 e. The minimum atomic E-state index is -3.73. The van der Waals surface area contributed by atoms with Gasteiger partial charge in [-0.15, -0.1) is 0 Å². The number of aryl methyl sites for hydroxylation is 1. The summed E-state index contributed by atoms with van der Waals surface area (Å²) in [6, 6.07) is 13.0. The molecule has 0 saturated carbocycles. The third kappa shape index (κ3) is 6.97. The number of nitrogens with zero attached hydrogens (tertiary/aromatic N) is 2. The zero-order valence-corrected chi connectivity index (χ0v) is 19.7. The summed E-state index contributed by atoms with van der Waals surface area (Å²) in [6.07, 6.45) is 1.05. The molecule has 0 bridgehead atoms. The van der Waals surface area contributed by atoms with Gasteiger partial charge in [0.05, 0.1) is 11.9 Å². The molecule has 0 saturated heterocycles. The van der Waals surface area contributed by atoms with Crippen LogP contribution in [-0.2, 0) is 26.2 Å². The number of carbonyl (C=O) groups is 2. The summed E-state index contributed by atoms with van der Waals surface area (Å²) >= 11 is 5.94. The maximum Gasteiger partial charge on any atom is 0.244 e. The summed E-state index contributed by atoms with van der Waals surface area (Å²) in [4.78, 5) is 27.1. The second kappa shape index (κ2) is 10.6. The van der Waals surface area contributed by atoms with Gasteiger partial charge in [0.15, 0.2) is 0 Å². The van der Waals surface area contributed by atoms with Gasteiger partial charge >= 0.3 is 0 Å². The molecule has 0 aliphatic carbocycles. The van der Waals surface area contributed by atoms with Crippen molar-refractivity contribution in [3.63, 3.8) is 0 Å². The number of anilines is 1. The fraction of sp³-hybridized carbons (Fsp3) is 0.364. The second-order valence-corrected chi connectivity index (χ2v) is 9.67. The maximum atomic E-state index is 13.3. The lowest BCUT2D eigenvalue weighted by Gasteiger charge is -2.31. The summed E-state index contributed by atoms with van der Waals surface area (Å²) < 4.78 is 25.9. The fourth-order valence-electron chi connectivity index (χ4n) is 3.02. The van der Waals surface area contributed by atoms with Gasteiger partial charge in [-0.25, -0.2) is 8.42 Å². The topological polar surface area (TPSA) is 86.8 Å². The smallest absolute Gasteiger partial charge is 0.244 e. The molecule has 31 heavy (non-hydrogen) atoms. The molecule has 1 atom stereocenters. The normalized spacial score (nSPS) is 12.2. The first-order valence-corrected chi connectivity index (χ1v) is 12.1. The van der Waals surface area contributed by atoms with Gasteiger partial charge in [0.2, 0.25) is 21.8 Å². The van der Waals surface area contributed by atoms with Gasteiger partial charge in [-0.2, -0.15) is 0 Å². The van der Waals surface area contributed by atoms with E-state index in [2.05, 4.69) is 5.32 Å². The van der Waals surface area contributed by atoms with E-state index in [9.17, 15) is 18.0 Å². The van der Waals surface area contributed by atoms with Gasteiger partial charge in [0.1, 0.15) is 12.6 Å². The predicted molar refractivity (Wildman–Crippen MR) is 124 cm³/mol. The van der Waals surface area contributed by atoms with Crippen molar-refractivity contribution in [3.05, 3.63) is 64.7 Å². The monoisotopic (exact) mass is 465 g/mol. The number of hydrogen-bond donors (Lipinski definition) is 1. The predicted octanol–water partition coefficient (Wildman–Crippen LogP) is 2.97. The highest BCUT2D eigenvalue weighted by Crippen LogP contribution is 2.20. The average molecular weight is 466 g/mol. The molecule has 0 radical (unpaired) electrons. The van der Waals surface area contributed by atoms with Crippen LogP contribution in [0.15, 0.2) is 48.5 Å². The lowest BCUT2D eigenvalue weighted by Crippen LogP contribution is -2.51. The maximum absolute atomic E-state index is 13.3. The number of nitrogens with one attached hydrogen (secondary N) is 1. The first kappa shape index (κ1) is 24.7. The third-order valence-electron chi connectivity index (χ3n) is 4.79. The third-order valence-corrected chi connectivity index (χ3v) is 6.18. The molecule has 0 fully saturated rings. The minimum absolute atomic E-state index is 0.139. The fourth-order valence-corrected chi connectivity index (χ4v) is 3.99. The summed E-state index contributed by atoms with van der Waals surface area (Å²) in [5.41, 5.74) is 2.13. The van der Waals surface area contributed by atoms with Crippen molar-refractivity contribution in [1.82, 2.24) is 10.2 Å². The van der Waals surface area contributed by atoms with Crippen molar-refractivity contribution in [2.75, 3.05) is 23.7 Å². The molecule has 168 valence electrons. The van der Waals surface area contributed by atoms with E-state index in [1.54, 1.807) is 62.4 Å². The Hall–Kier alpha value is -2.58. The Balaban J connectivity index is 2.35. The lowest BCUT2D eigenvalue weighted by molar-refractivity contribution is -0.139. The van der Waals surface area contributed by atoms with Crippen LogP contribution in [0.5, 0.6) is 0 Å². The molecular weight excluding hydrogens is 438 g/mol. The summed E-state index contributed by atoms with van der Waals surface area (Å²) in [6.45, 7) is 5.44. The van der Waals surface area contributed by atoms with Crippen LogP contribution in [-0.4, -0.2) is 50.5 Å². The van der Waals surface area contributed by atoms with Crippen LogP contribution >= 0.6 is 11.6 Å². The molecule has 0 spiro atoms. The van der Waals surface area contributed by atoms with Crippen molar-refractivity contribution in [2.24, 2.45) is 0 Å². The quantitative estimate of drug-likeness (QED) is 0.616. The van der Waals surface area contributed by atoms with E-state index < -0.39 is 28.5 Å². The molecule has 7 nitrogen and oxygen atoms in total. The molecular formula is C22H28ClN3O4S. The molecule has 2 rings (SSSR count). The van der Waals surface area contributed by atoms with Gasteiger partial charge in [0.25, 0.3) is 0 Å². The van der Waals surface area contributed by atoms with Crippen LogP contribution < -0.4 is 9.62 Å². The first-order chi connectivity index (χ1) is 14.5. The average Bonchev–Trinajstić information content (AvgIpc) is 2.71. The van der Waals surface area contributed by atoms with Crippen molar-refractivity contribution in [2.45, 2.75) is 33.4 Å². The van der Waals surface area contributed by atoms with E-state index >= 15 is 0 Å². The van der Waals surface area contributed by atoms with Crippen LogP contribution in [0.25, 0.3) is 0 Å². The highest BCUT2D eigenvalue weighted by atomic mass is 35.5. The zero-order valence-electron chi connectivity index (χ0n) is 18.1. The zero-order chi connectivity index (χ0) is 23.2. The lowest BCUT2D eigenvalue weighted by atomic mass is 10.1. The van der Waals surface area contributed by atoms with E-state index in [-0.39, 0.29) is 12.5 Å². The van der Waals surface area contributed by atoms with Crippen molar-refractivity contribution < 1.29 is 18.0 Å². The molecule has 0 aliphatic rings. The van der Waals surface area contributed by atoms with Crippen molar-refractivity contribution >= 4 is 39.1 Å². The number of halogens is 1. The Bertz CT molecular complexity index is 1010. The molecule has 2 aromatic rings. The number of rotatable bonds is 9. The number of amides is 2. The Kier molecular flexibility index (Phi) is 8.47. The van der Waals surface area contributed by atoms with Gasteiger partial charge in [0, 0.05) is 18.1 Å². The van der Waals surface area contributed by atoms with Crippen LogP contribution in [0.1, 0.15) is 25.0 Å². The standard InChI is InChI=1S/C22H28ClN3O4S/c1-5-24-22(28)17(3)25(14-18-8-10-19(23)11-9-18)21(27)15-26(31(4,29)30)20-12-6-16(2)7-13-20/h6-13,17H,5,14-15H2,1-4H3,(H,24,28)/t17-/m1/s1. The number of carbonyl (C=O) groups excluding carboxylic acids is 2. The highest BCUT2D eigenvalue weighted by Gasteiger charge is 2.29. The first-order valence-electron chi connectivity index (χ1n) is 9.89.